The van der Waals surface area contributed by atoms with Crippen molar-refractivity contribution in [2.24, 2.45) is 0 Å². The molecule has 0 radical (unpaired) electrons. The topological polar surface area (TPSA) is 134 Å². The summed E-state index contributed by atoms with van der Waals surface area (Å²) in [5.74, 6) is 0.191. The van der Waals surface area contributed by atoms with Crippen molar-refractivity contribution in [1.29, 1.82) is 0 Å². The van der Waals surface area contributed by atoms with Gasteiger partial charge < -0.3 is 23.7 Å². The van der Waals surface area contributed by atoms with Gasteiger partial charge in [-0.15, -0.1) is 0 Å². The number of rotatable bonds is 15. The van der Waals surface area contributed by atoms with Crippen molar-refractivity contribution in [3.05, 3.63) is 52.7 Å². The Balaban J connectivity index is 2.10. The Morgan fingerprint density at radius 1 is 1.13 bits per heavy atom. The molecule has 2 aromatic rings. The van der Waals surface area contributed by atoms with Gasteiger partial charge in [0.2, 0.25) is 5.88 Å². The molecule has 0 fully saturated rings. The van der Waals surface area contributed by atoms with Crippen molar-refractivity contribution in [3.63, 3.8) is 0 Å². The molecule has 2 N–H and O–H groups in total. The van der Waals surface area contributed by atoms with E-state index >= 15 is 0 Å². The number of carbonyl (C=O) groups is 1. The number of amides is 1. The van der Waals surface area contributed by atoms with Gasteiger partial charge in [-0.05, 0) is 30.7 Å². The number of benzene rings is 1. The first-order chi connectivity index (χ1) is 18.4. The summed E-state index contributed by atoms with van der Waals surface area (Å²) in [5.41, 5.74) is -0.650. The minimum atomic E-state index is -4.64. The number of hydrogen-bond donors (Lipinski definition) is 2. The van der Waals surface area contributed by atoms with E-state index < -0.39 is 28.0 Å². The largest absolute Gasteiger partial charge is 0.491 e. The molecule has 11 nitrogen and oxygen atoms in total. The van der Waals surface area contributed by atoms with E-state index in [1.54, 1.807) is 16.9 Å². The van der Waals surface area contributed by atoms with Gasteiger partial charge in [0.15, 0.2) is 0 Å². The van der Waals surface area contributed by atoms with E-state index in [1.165, 1.54) is 32.4 Å². The van der Waals surface area contributed by atoms with Crippen LogP contribution in [0.2, 0.25) is 5.02 Å². The van der Waals surface area contributed by atoms with Gasteiger partial charge in [-0.1, -0.05) is 17.7 Å². The number of nitrogens with one attached hydrogen (secondary N) is 2. The summed E-state index contributed by atoms with van der Waals surface area (Å²) in [7, 11) is -1.14. The number of carbonyl (C=O) groups excluding carboxylic acids is 1. The van der Waals surface area contributed by atoms with Gasteiger partial charge in [-0.3, -0.25) is 0 Å². The highest BCUT2D eigenvalue weighted by atomic mass is 35.5. The molecule has 0 unspecified atom stereocenters. The molecule has 1 aromatic heterocycles. The zero-order valence-corrected chi connectivity index (χ0v) is 22.5. The Kier molecular flexibility index (Phi) is 12.7. The minimum absolute atomic E-state index is 0.0577. The number of hydrogen-bond acceptors (Lipinski definition) is 9. The second-order valence-corrected chi connectivity index (χ2v) is 9.41. The first-order valence-electron chi connectivity index (χ1n) is 11.2. The summed E-state index contributed by atoms with van der Waals surface area (Å²) in [5, 5.41) is -0.373. The van der Waals surface area contributed by atoms with E-state index in [1.807, 2.05) is 0 Å². The van der Waals surface area contributed by atoms with Gasteiger partial charge in [-0.25, -0.2) is 14.5 Å². The van der Waals surface area contributed by atoms with Crippen LogP contribution in [0.1, 0.15) is 17.5 Å². The van der Waals surface area contributed by atoms with Gasteiger partial charge in [0.25, 0.3) is 0 Å². The summed E-state index contributed by atoms with van der Waals surface area (Å²) < 4.78 is 92.1. The molecule has 0 saturated heterocycles. The van der Waals surface area contributed by atoms with E-state index in [-0.39, 0.29) is 36.4 Å². The van der Waals surface area contributed by atoms with Crippen LogP contribution >= 0.6 is 11.6 Å². The van der Waals surface area contributed by atoms with Gasteiger partial charge >= 0.3 is 22.5 Å². The molecule has 39 heavy (non-hydrogen) atoms. The van der Waals surface area contributed by atoms with Gasteiger partial charge in [0, 0.05) is 45.2 Å². The number of halogens is 4. The number of ether oxygens (including phenoxy) is 5. The van der Waals surface area contributed by atoms with E-state index in [4.69, 9.17) is 35.3 Å². The standard InChI is InChI=1S/C23H27ClF3N3O8S/c1-34-9-4-8-29-39(32,33)30-22(31)37-10-3-5-16-6-7-18(36-12-11-35-2)14-20(16)38-21-19(24)13-17(15-28-21)23(25,26)27/h3,5-7,13-15,29H,4,8-12H2,1-2H3,(H,30,31). The SMILES string of the molecule is COCCCNS(=O)(=O)NC(=O)OCC=Cc1ccc(OCCOC)cc1Oc1ncc(C(F)(F)F)cc1Cl. The maximum Gasteiger partial charge on any atom is 0.422 e. The van der Waals surface area contributed by atoms with Crippen molar-refractivity contribution >= 4 is 34.0 Å². The highest BCUT2D eigenvalue weighted by molar-refractivity contribution is 7.88. The monoisotopic (exact) mass is 597 g/mol. The lowest BCUT2D eigenvalue weighted by Crippen LogP contribution is -2.41. The number of alkyl halides is 3. The highest BCUT2D eigenvalue weighted by Crippen LogP contribution is 2.36. The number of methoxy groups -OCH3 is 2. The van der Waals surface area contributed by atoms with Crippen LogP contribution in [-0.4, -0.2) is 66.7 Å². The Morgan fingerprint density at radius 2 is 1.87 bits per heavy atom. The molecular weight excluding hydrogens is 571 g/mol. The van der Waals surface area contributed by atoms with Crippen molar-refractivity contribution in [2.75, 3.05) is 47.2 Å². The molecule has 0 aliphatic rings. The predicted octanol–water partition coefficient (Wildman–Crippen LogP) is 4.18. The molecule has 0 aliphatic carbocycles. The van der Waals surface area contributed by atoms with Crippen LogP contribution in [0, 0.1) is 0 Å². The first-order valence-corrected chi connectivity index (χ1v) is 13.1. The molecule has 216 valence electrons. The third kappa shape index (κ3) is 11.7. The number of nitrogens with zero attached hydrogens (tertiary/aromatic N) is 1. The first kappa shape index (κ1) is 32.1. The summed E-state index contributed by atoms with van der Waals surface area (Å²) in [6.07, 6.45) is -2.00. The molecule has 0 spiro atoms. The van der Waals surface area contributed by atoms with E-state index in [0.717, 1.165) is 0 Å². The van der Waals surface area contributed by atoms with Gasteiger partial charge in [0.1, 0.15) is 29.7 Å². The summed E-state index contributed by atoms with van der Waals surface area (Å²) in [6.45, 7) is 0.599. The molecule has 0 atom stereocenters. The third-order valence-corrected chi connectivity index (χ3v) is 5.82. The maximum atomic E-state index is 12.9. The Labute approximate surface area is 228 Å². The molecule has 1 aromatic carbocycles. The van der Waals surface area contributed by atoms with Crippen molar-refractivity contribution in [2.45, 2.75) is 12.6 Å². The van der Waals surface area contributed by atoms with E-state index in [0.29, 0.717) is 43.2 Å². The predicted molar refractivity (Wildman–Crippen MR) is 135 cm³/mol. The van der Waals surface area contributed by atoms with Crippen LogP contribution in [-0.2, 0) is 30.6 Å². The molecule has 2 rings (SSSR count). The Hall–Kier alpha value is -3.11. The zero-order valence-electron chi connectivity index (χ0n) is 20.9. The smallest absolute Gasteiger partial charge is 0.422 e. The molecule has 0 bridgehead atoms. The lowest BCUT2D eigenvalue weighted by Gasteiger charge is -2.13. The maximum absolute atomic E-state index is 12.9. The fourth-order valence-corrected chi connectivity index (χ4v) is 3.70. The third-order valence-electron chi connectivity index (χ3n) is 4.53. The second-order valence-electron chi connectivity index (χ2n) is 7.50. The summed E-state index contributed by atoms with van der Waals surface area (Å²) >= 11 is 5.96. The molecule has 1 amide bonds. The Morgan fingerprint density at radius 3 is 2.54 bits per heavy atom. The fourth-order valence-electron chi connectivity index (χ4n) is 2.73. The second kappa shape index (κ2) is 15.5. The average molecular weight is 598 g/mol. The molecule has 0 aliphatic heterocycles. The normalized spacial score (nSPS) is 11.9. The highest BCUT2D eigenvalue weighted by Gasteiger charge is 2.32. The van der Waals surface area contributed by atoms with Gasteiger partial charge in [-0.2, -0.15) is 26.3 Å². The van der Waals surface area contributed by atoms with E-state index in [2.05, 4.69) is 9.71 Å². The van der Waals surface area contributed by atoms with Crippen LogP contribution in [0.15, 0.2) is 36.5 Å². The Bertz CT molecular complexity index is 1230. The lowest BCUT2D eigenvalue weighted by atomic mass is 10.1. The van der Waals surface area contributed by atoms with Crippen molar-refractivity contribution in [3.8, 4) is 17.4 Å². The number of aromatic nitrogens is 1. The lowest BCUT2D eigenvalue weighted by molar-refractivity contribution is -0.137. The quantitative estimate of drug-likeness (QED) is 0.290. The van der Waals surface area contributed by atoms with Crippen LogP contribution in [0.3, 0.4) is 0 Å². The molecule has 1 heterocycles. The van der Waals surface area contributed by atoms with Crippen molar-refractivity contribution < 1.29 is 50.1 Å². The van der Waals surface area contributed by atoms with Crippen LogP contribution < -0.4 is 18.9 Å². The van der Waals surface area contributed by atoms with Crippen LogP contribution in [0.25, 0.3) is 6.08 Å². The van der Waals surface area contributed by atoms with Crippen LogP contribution in [0.4, 0.5) is 18.0 Å². The molecular formula is C23H27ClF3N3O8S. The summed E-state index contributed by atoms with van der Waals surface area (Å²) in [4.78, 5) is 15.5. The van der Waals surface area contributed by atoms with Gasteiger partial charge in [0.05, 0.1) is 12.2 Å². The summed E-state index contributed by atoms with van der Waals surface area (Å²) in [6, 6.07) is 5.31. The van der Waals surface area contributed by atoms with Crippen LogP contribution in [0.5, 0.6) is 17.4 Å². The fraction of sp³-hybridized carbons (Fsp3) is 0.391. The molecule has 16 heteroatoms. The zero-order chi connectivity index (χ0) is 28.9. The average Bonchev–Trinajstić information content (AvgIpc) is 2.86. The molecule has 0 saturated carbocycles. The van der Waals surface area contributed by atoms with Crippen molar-refractivity contribution in [1.82, 2.24) is 14.4 Å². The van der Waals surface area contributed by atoms with E-state index in [9.17, 15) is 26.4 Å². The minimum Gasteiger partial charge on any atom is -0.491 e. The number of pyridine rings is 1.